The Bertz CT molecular complexity index is 364. The van der Waals surface area contributed by atoms with Gasteiger partial charge in [0, 0.05) is 0 Å². The molecule has 0 spiro atoms. The van der Waals surface area contributed by atoms with Gasteiger partial charge in [0.15, 0.2) is 5.76 Å². The van der Waals surface area contributed by atoms with Gasteiger partial charge in [-0.15, -0.1) is 0 Å². The lowest BCUT2D eigenvalue weighted by Crippen LogP contribution is -2.41. The summed E-state index contributed by atoms with van der Waals surface area (Å²) < 4.78 is 9.58. The number of esters is 1. The third-order valence-electron chi connectivity index (χ3n) is 2.15. The number of methoxy groups -OCH3 is 1. The highest BCUT2D eigenvalue weighted by molar-refractivity contribution is 7.98. The van der Waals surface area contributed by atoms with Gasteiger partial charge in [-0.2, -0.15) is 11.8 Å². The molecule has 0 bridgehead atoms. The smallest absolute Gasteiger partial charge is 0.328 e. The van der Waals surface area contributed by atoms with E-state index in [1.807, 2.05) is 6.26 Å². The molecule has 0 radical (unpaired) electrons. The Kier molecular flexibility index (Phi) is 5.62. The van der Waals surface area contributed by atoms with Crippen molar-refractivity contribution in [2.45, 2.75) is 12.5 Å². The summed E-state index contributed by atoms with van der Waals surface area (Å²) in [4.78, 5) is 23.1. The molecule has 94 valence electrons. The average molecular weight is 257 g/mol. The second-order valence-corrected chi connectivity index (χ2v) is 4.29. The molecule has 1 N–H and O–H groups in total. The number of amides is 1. The van der Waals surface area contributed by atoms with Crippen molar-refractivity contribution in [2.24, 2.45) is 0 Å². The van der Waals surface area contributed by atoms with Crippen molar-refractivity contribution in [3.8, 4) is 0 Å². The molecule has 0 aromatic carbocycles. The lowest BCUT2D eigenvalue weighted by Gasteiger charge is -2.14. The van der Waals surface area contributed by atoms with Gasteiger partial charge in [0.1, 0.15) is 6.04 Å². The number of furan rings is 1. The van der Waals surface area contributed by atoms with Gasteiger partial charge in [-0.05, 0) is 30.6 Å². The highest BCUT2D eigenvalue weighted by Crippen LogP contribution is 2.05. The van der Waals surface area contributed by atoms with Gasteiger partial charge in [-0.25, -0.2) is 4.79 Å². The van der Waals surface area contributed by atoms with E-state index in [1.165, 1.54) is 19.4 Å². The van der Waals surface area contributed by atoms with Crippen molar-refractivity contribution < 1.29 is 18.7 Å². The molecule has 17 heavy (non-hydrogen) atoms. The zero-order valence-corrected chi connectivity index (χ0v) is 10.6. The molecule has 1 rings (SSSR count). The highest BCUT2D eigenvalue weighted by Gasteiger charge is 2.22. The summed E-state index contributed by atoms with van der Waals surface area (Å²) in [7, 11) is 1.30. The van der Waals surface area contributed by atoms with Crippen LogP contribution in [-0.2, 0) is 9.53 Å². The van der Waals surface area contributed by atoms with E-state index in [4.69, 9.17) is 4.42 Å². The fraction of sp³-hybridized carbons (Fsp3) is 0.455. The second-order valence-electron chi connectivity index (χ2n) is 3.31. The van der Waals surface area contributed by atoms with Crippen LogP contribution in [0.1, 0.15) is 17.0 Å². The number of rotatable bonds is 6. The first-order valence-corrected chi connectivity index (χ1v) is 6.49. The lowest BCUT2D eigenvalue weighted by molar-refractivity contribution is -0.142. The van der Waals surface area contributed by atoms with Crippen molar-refractivity contribution in [2.75, 3.05) is 19.1 Å². The molecule has 1 aromatic rings. The van der Waals surface area contributed by atoms with E-state index in [9.17, 15) is 9.59 Å². The SMILES string of the molecule is COC(=O)[C@@H](CCSC)NC(=O)c1ccco1. The molecule has 6 heteroatoms. The molecule has 0 aliphatic carbocycles. The number of carbonyl (C=O) groups is 2. The van der Waals surface area contributed by atoms with E-state index in [1.54, 1.807) is 17.8 Å². The summed E-state index contributed by atoms with van der Waals surface area (Å²) in [5.41, 5.74) is 0. The van der Waals surface area contributed by atoms with Gasteiger partial charge in [0.25, 0.3) is 5.91 Å². The summed E-state index contributed by atoms with van der Waals surface area (Å²) in [6.45, 7) is 0. The minimum absolute atomic E-state index is 0.183. The van der Waals surface area contributed by atoms with E-state index < -0.39 is 17.9 Å². The van der Waals surface area contributed by atoms with Crippen LogP contribution in [0, 0.1) is 0 Å². The summed E-state index contributed by atoms with van der Waals surface area (Å²) in [6.07, 6.45) is 3.87. The molecular weight excluding hydrogens is 242 g/mol. The Morgan fingerprint density at radius 1 is 1.59 bits per heavy atom. The first kappa shape index (κ1) is 13.6. The number of carbonyl (C=O) groups excluding carboxylic acids is 2. The number of hydrogen-bond donors (Lipinski definition) is 1. The fourth-order valence-electron chi connectivity index (χ4n) is 1.26. The molecule has 0 saturated heterocycles. The average Bonchev–Trinajstić information content (AvgIpc) is 2.87. The number of ether oxygens (including phenoxy) is 1. The van der Waals surface area contributed by atoms with Crippen molar-refractivity contribution in [3.05, 3.63) is 24.2 Å². The molecule has 0 unspecified atom stereocenters. The van der Waals surface area contributed by atoms with Gasteiger partial charge >= 0.3 is 5.97 Å². The van der Waals surface area contributed by atoms with Gasteiger partial charge < -0.3 is 14.5 Å². The van der Waals surface area contributed by atoms with Gasteiger partial charge in [-0.1, -0.05) is 0 Å². The van der Waals surface area contributed by atoms with E-state index in [0.29, 0.717) is 6.42 Å². The Morgan fingerprint density at radius 2 is 2.35 bits per heavy atom. The van der Waals surface area contributed by atoms with Crippen LogP contribution >= 0.6 is 11.8 Å². The highest BCUT2D eigenvalue weighted by atomic mass is 32.2. The molecule has 0 aliphatic rings. The molecule has 0 aliphatic heterocycles. The Balaban J connectivity index is 2.59. The molecule has 1 atom stereocenters. The largest absolute Gasteiger partial charge is 0.467 e. The Morgan fingerprint density at radius 3 is 2.88 bits per heavy atom. The molecule has 1 aromatic heterocycles. The molecule has 1 heterocycles. The van der Waals surface area contributed by atoms with Gasteiger partial charge in [-0.3, -0.25) is 4.79 Å². The van der Waals surface area contributed by atoms with E-state index in [-0.39, 0.29) is 5.76 Å². The lowest BCUT2D eigenvalue weighted by atomic mass is 10.2. The Labute approximate surface area is 104 Å². The van der Waals surface area contributed by atoms with Crippen molar-refractivity contribution in [1.29, 1.82) is 0 Å². The van der Waals surface area contributed by atoms with Crippen LogP contribution in [0.25, 0.3) is 0 Å². The van der Waals surface area contributed by atoms with E-state index in [0.717, 1.165) is 5.75 Å². The predicted molar refractivity (Wildman–Crippen MR) is 65.0 cm³/mol. The quantitative estimate of drug-likeness (QED) is 0.778. The third kappa shape index (κ3) is 4.14. The maximum absolute atomic E-state index is 11.7. The zero-order valence-electron chi connectivity index (χ0n) is 9.76. The van der Waals surface area contributed by atoms with Crippen LogP contribution in [0.5, 0.6) is 0 Å². The second kappa shape index (κ2) is 7.01. The van der Waals surface area contributed by atoms with Crippen molar-refractivity contribution >= 4 is 23.6 Å². The van der Waals surface area contributed by atoms with Gasteiger partial charge in [0.2, 0.25) is 0 Å². The minimum atomic E-state index is -0.634. The van der Waals surface area contributed by atoms with Crippen LogP contribution in [0.3, 0.4) is 0 Å². The number of thioether (sulfide) groups is 1. The molecule has 0 saturated carbocycles. The molecule has 5 nitrogen and oxygen atoms in total. The summed E-state index contributed by atoms with van der Waals surface area (Å²) in [5, 5.41) is 2.58. The topological polar surface area (TPSA) is 68.5 Å². The van der Waals surface area contributed by atoms with Crippen molar-refractivity contribution in [3.63, 3.8) is 0 Å². The van der Waals surface area contributed by atoms with E-state index >= 15 is 0 Å². The van der Waals surface area contributed by atoms with Gasteiger partial charge in [0.05, 0.1) is 13.4 Å². The molecule has 0 fully saturated rings. The van der Waals surface area contributed by atoms with Crippen LogP contribution in [0.2, 0.25) is 0 Å². The molecule has 1 amide bonds. The Hall–Kier alpha value is -1.43. The van der Waals surface area contributed by atoms with Crippen LogP contribution in [-0.4, -0.2) is 37.0 Å². The summed E-state index contributed by atoms with van der Waals surface area (Å²) in [5.74, 6) is 0.0894. The van der Waals surface area contributed by atoms with Crippen LogP contribution < -0.4 is 5.32 Å². The number of nitrogens with one attached hydrogen (secondary N) is 1. The summed E-state index contributed by atoms with van der Waals surface area (Å²) in [6, 6.07) is 2.52. The number of hydrogen-bond acceptors (Lipinski definition) is 5. The summed E-state index contributed by atoms with van der Waals surface area (Å²) >= 11 is 1.60. The fourth-order valence-corrected chi connectivity index (χ4v) is 1.74. The van der Waals surface area contributed by atoms with E-state index in [2.05, 4.69) is 10.1 Å². The maximum Gasteiger partial charge on any atom is 0.328 e. The normalized spacial score (nSPS) is 11.9. The van der Waals surface area contributed by atoms with Crippen LogP contribution in [0.4, 0.5) is 0 Å². The first-order chi connectivity index (χ1) is 8.19. The standard InChI is InChI=1S/C11H15NO4S/c1-15-11(14)8(5-7-17-2)12-10(13)9-4-3-6-16-9/h3-4,6,8H,5,7H2,1-2H3,(H,12,13)/t8-/m1/s1. The first-order valence-electron chi connectivity index (χ1n) is 5.10. The third-order valence-corrected chi connectivity index (χ3v) is 2.79. The van der Waals surface area contributed by atoms with Crippen LogP contribution in [0.15, 0.2) is 22.8 Å². The maximum atomic E-state index is 11.7. The van der Waals surface area contributed by atoms with Crippen molar-refractivity contribution in [1.82, 2.24) is 5.32 Å². The molecular formula is C11H15NO4S. The predicted octanol–water partition coefficient (Wildman–Crippen LogP) is 1.30. The zero-order chi connectivity index (χ0) is 12.7. The monoisotopic (exact) mass is 257 g/mol. The minimum Gasteiger partial charge on any atom is -0.467 e.